The molecular formula is C10H10FN3OS. The molecule has 0 radical (unpaired) electrons. The Hall–Kier alpha value is -1.69. The summed E-state index contributed by atoms with van der Waals surface area (Å²) >= 11 is 1.24. The van der Waals surface area contributed by atoms with Gasteiger partial charge in [0.2, 0.25) is 0 Å². The molecule has 0 bridgehead atoms. The van der Waals surface area contributed by atoms with E-state index in [1.807, 2.05) is 6.92 Å². The summed E-state index contributed by atoms with van der Waals surface area (Å²) in [6.07, 6.45) is 0. The van der Waals surface area contributed by atoms with Gasteiger partial charge >= 0.3 is 6.03 Å². The summed E-state index contributed by atoms with van der Waals surface area (Å²) in [4.78, 5) is 15.4. The van der Waals surface area contributed by atoms with Crippen LogP contribution in [-0.4, -0.2) is 17.6 Å². The minimum atomic E-state index is -0.305. The number of rotatable bonds is 2. The van der Waals surface area contributed by atoms with Crippen LogP contribution >= 0.6 is 11.3 Å². The van der Waals surface area contributed by atoms with E-state index in [1.54, 1.807) is 6.07 Å². The molecule has 6 heteroatoms. The van der Waals surface area contributed by atoms with Crippen LogP contribution in [0.1, 0.15) is 6.92 Å². The zero-order valence-corrected chi connectivity index (χ0v) is 9.40. The largest absolute Gasteiger partial charge is 0.338 e. The fourth-order valence-corrected chi connectivity index (χ4v) is 2.14. The van der Waals surface area contributed by atoms with E-state index in [9.17, 15) is 9.18 Å². The lowest BCUT2D eigenvalue weighted by atomic mass is 10.3. The first kappa shape index (κ1) is 10.8. The van der Waals surface area contributed by atoms with E-state index in [4.69, 9.17) is 0 Å². The Labute approximate surface area is 95.5 Å². The number of hydrogen-bond donors (Lipinski definition) is 2. The molecule has 0 saturated carbocycles. The quantitative estimate of drug-likeness (QED) is 0.846. The smallest absolute Gasteiger partial charge is 0.321 e. The van der Waals surface area contributed by atoms with Crippen LogP contribution in [0.15, 0.2) is 18.2 Å². The molecule has 1 aromatic carbocycles. The van der Waals surface area contributed by atoms with Gasteiger partial charge in [0.1, 0.15) is 5.82 Å². The number of fused-ring (bicyclic) bond motifs is 1. The molecular weight excluding hydrogens is 229 g/mol. The maximum atomic E-state index is 12.9. The first-order valence-electron chi connectivity index (χ1n) is 4.80. The summed E-state index contributed by atoms with van der Waals surface area (Å²) in [6.45, 7) is 2.37. The minimum absolute atomic E-state index is 0.304. The molecule has 1 heterocycles. The van der Waals surface area contributed by atoms with Gasteiger partial charge < -0.3 is 5.32 Å². The monoisotopic (exact) mass is 239 g/mol. The predicted octanol–water partition coefficient (Wildman–Crippen LogP) is 2.58. The Balaban J connectivity index is 2.23. The summed E-state index contributed by atoms with van der Waals surface area (Å²) < 4.78 is 13.6. The van der Waals surface area contributed by atoms with Crippen molar-refractivity contribution in [3.63, 3.8) is 0 Å². The molecule has 0 aliphatic carbocycles. The number of halogens is 1. The maximum Gasteiger partial charge on any atom is 0.321 e. The van der Waals surface area contributed by atoms with Crippen LogP contribution in [0.4, 0.5) is 14.3 Å². The van der Waals surface area contributed by atoms with Crippen molar-refractivity contribution in [1.82, 2.24) is 10.3 Å². The third kappa shape index (κ3) is 2.27. The summed E-state index contributed by atoms with van der Waals surface area (Å²) in [5.74, 6) is -0.305. The van der Waals surface area contributed by atoms with Crippen molar-refractivity contribution in [2.45, 2.75) is 6.92 Å². The van der Waals surface area contributed by atoms with Crippen molar-refractivity contribution in [2.24, 2.45) is 0 Å². The number of nitrogens with zero attached hydrogens (tertiary/aromatic N) is 1. The number of amides is 2. The van der Waals surface area contributed by atoms with Crippen LogP contribution in [0.3, 0.4) is 0 Å². The van der Waals surface area contributed by atoms with Gasteiger partial charge in [0.25, 0.3) is 0 Å². The number of urea groups is 1. The van der Waals surface area contributed by atoms with Crippen LogP contribution < -0.4 is 10.6 Å². The Morgan fingerprint density at radius 3 is 3.12 bits per heavy atom. The highest BCUT2D eigenvalue weighted by molar-refractivity contribution is 7.22. The Morgan fingerprint density at radius 1 is 1.56 bits per heavy atom. The summed E-state index contributed by atoms with van der Waals surface area (Å²) in [6, 6.07) is 4.03. The van der Waals surface area contributed by atoms with Gasteiger partial charge in [-0.3, -0.25) is 5.32 Å². The highest BCUT2D eigenvalue weighted by Crippen LogP contribution is 2.26. The molecule has 0 atom stereocenters. The maximum absolute atomic E-state index is 12.9. The van der Waals surface area contributed by atoms with Crippen LogP contribution in [0, 0.1) is 5.82 Å². The molecule has 2 rings (SSSR count). The zero-order chi connectivity index (χ0) is 11.5. The predicted molar refractivity (Wildman–Crippen MR) is 62.3 cm³/mol. The number of carbonyl (C=O) groups is 1. The summed E-state index contributed by atoms with van der Waals surface area (Å²) in [5.41, 5.74) is 0.679. The van der Waals surface area contributed by atoms with Crippen molar-refractivity contribution < 1.29 is 9.18 Å². The fourth-order valence-electron chi connectivity index (χ4n) is 1.25. The number of carbonyl (C=O) groups excluding carboxylic acids is 1. The summed E-state index contributed by atoms with van der Waals surface area (Å²) in [7, 11) is 0. The topological polar surface area (TPSA) is 54.0 Å². The normalized spacial score (nSPS) is 10.4. The van der Waals surface area contributed by atoms with E-state index in [1.165, 1.54) is 23.5 Å². The molecule has 2 N–H and O–H groups in total. The van der Waals surface area contributed by atoms with Gasteiger partial charge in [-0.05, 0) is 25.1 Å². The van der Waals surface area contributed by atoms with Crippen LogP contribution in [0.5, 0.6) is 0 Å². The van der Waals surface area contributed by atoms with Gasteiger partial charge in [-0.15, -0.1) is 0 Å². The second-order valence-corrected chi connectivity index (χ2v) is 4.15. The number of anilines is 1. The third-order valence-corrected chi connectivity index (χ3v) is 2.84. The Kier molecular flexibility index (Phi) is 3.00. The van der Waals surface area contributed by atoms with E-state index >= 15 is 0 Å². The van der Waals surface area contributed by atoms with Gasteiger partial charge in [0.15, 0.2) is 5.13 Å². The lowest BCUT2D eigenvalue weighted by Gasteiger charge is -2.00. The Morgan fingerprint density at radius 2 is 2.38 bits per heavy atom. The van der Waals surface area contributed by atoms with Crippen LogP contribution in [0.2, 0.25) is 0 Å². The molecule has 2 amide bonds. The van der Waals surface area contributed by atoms with Crippen molar-refractivity contribution in [3.8, 4) is 0 Å². The fraction of sp³-hybridized carbons (Fsp3) is 0.200. The highest BCUT2D eigenvalue weighted by Gasteiger charge is 2.07. The lowest BCUT2D eigenvalue weighted by molar-refractivity contribution is 0.252. The molecule has 16 heavy (non-hydrogen) atoms. The molecule has 0 aliphatic rings. The summed E-state index contributed by atoms with van der Waals surface area (Å²) in [5, 5.41) is 5.64. The zero-order valence-electron chi connectivity index (χ0n) is 8.58. The minimum Gasteiger partial charge on any atom is -0.338 e. The van der Waals surface area contributed by atoms with E-state index < -0.39 is 0 Å². The standard InChI is InChI=1S/C10H10FN3OS/c1-2-12-9(15)14-10-13-7-4-3-6(11)5-8(7)16-10/h3-5H,2H2,1H3,(H2,12,13,14,15). The van der Waals surface area contributed by atoms with E-state index in [-0.39, 0.29) is 11.8 Å². The molecule has 0 fully saturated rings. The first-order valence-corrected chi connectivity index (χ1v) is 5.61. The molecule has 0 aliphatic heterocycles. The number of hydrogen-bond acceptors (Lipinski definition) is 3. The average molecular weight is 239 g/mol. The number of benzene rings is 1. The van der Waals surface area contributed by atoms with E-state index in [2.05, 4.69) is 15.6 Å². The van der Waals surface area contributed by atoms with Crippen LogP contribution in [-0.2, 0) is 0 Å². The SMILES string of the molecule is CCNC(=O)Nc1nc2ccc(F)cc2s1. The first-order chi connectivity index (χ1) is 7.69. The van der Waals surface area contributed by atoms with Gasteiger partial charge in [-0.25, -0.2) is 14.2 Å². The molecule has 0 saturated heterocycles. The molecule has 0 spiro atoms. The van der Waals surface area contributed by atoms with Crippen molar-refractivity contribution in [1.29, 1.82) is 0 Å². The molecule has 4 nitrogen and oxygen atoms in total. The molecule has 2 aromatic rings. The van der Waals surface area contributed by atoms with Gasteiger partial charge in [-0.2, -0.15) is 0 Å². The lowest BCUT2D eigenvalue weighted by Crippen LogP contribution is -2.28. The average Bonchev–Trinajstić information content (AvgIpc) is 2.59. The molecule has 0 unspecified atom stereocenters. The van der Waals surface area contributed by atoms with E-state index in [0.29, 0.717) is 21.9 Å². The second kappa shape index (κ2) is 4.44. The molecule has 1 aromatic heterocycles. The van der Waals surface area contributed by atoms with Crippen molar-refractivity contribution in [3.05, 3.63) is 24.0 Å². The second-order valence-electron chi connectivity index (χ2n) is 3.12. The van der Waals surface area contributed by atoms with Gasteiger partial charge in [0.05, 0.1) is 10.2 Å². The van der Waals surface area contributed by atoms with E-state index in [0.717, 1.165) is 0 Å². The third-order valence-electron chi connectivity index (χ3n) is 1.91. The number of thiazole rings is 1. The van der Waals surface area contributed by atoms with Crippen molar-refractivity contribution in [2.75, 3.05) is 11.9 Å². The number of aromatic nitrogens is 1. The van der Waals surface area contributed by atoms with Crippen LogP contribution in [0.25, 0.3) is 10.2 Å². The van der Waals surface area contributed by atoms with Gasteiger partial charge in [0, 0.05) is 6.54 Å². The number of nitrogens with one attached hydrogen (secondary N) is 2. The molecule has 84 valence electrons. The van der Waals surface area contributed by atoms with Gasteiger partial charge in [-0.1, -0.05) is 11.3 Å². The van der Waals surface area contributed by atoms with Crippen molar-refractivity contribution >= 4 is 32.7 Å². The Bertz CT molecular complexity index is 526. The highest BCUT2D eigenvalue weighted by atomic mass is 32.1.